The predicted octanol–water partition coefficient (Wildman–Crippen LogP) is 3.30. The van der Waals surface area contributed by atoms with Crippen LogP contribution in [0.4, 0.5) is 10.1 Å². The molecule has 146 valence electrons. The molecule has 6 nitrogen and oxygen atoms in total. The van der Waals surface area contributed by atoms with E-state index in [1.165, 1.54) is 12.1 Å². The Hall–Kier alpha value is -2.87. The zero-order chi connectivity index (χ0) is 19.8. The summed E-state index contributed by atoms with van der Waals surface area (Å²) in [6, 6.07) is 10.3. The molecule has 0 bridgehead atoms. The number of anilines is 1. The average molecular weight is 400 g/mol. The normalized spacial score (nSPS) is 19.6. The van der Waals surface area contributed by atoms with Gasteiger partial charge in [-0.1, -0.05) is 6.07 Å². The van der Waals surface area contributed by atoms with Gasteiger partial charge in [-0.25, -0.2) is 9.40 Å². The Morgan fingerprint density at radius 1 is 1.21 bits per heavy atom. The molecule has 0 amide bonds. The summed E-state index contributed by atoms with van der Waals surface area (Å²) in [6.07, 6.45) is 0.768. The third-order valence-electron chi connectivity index (χ3n) is 5.13. The number of ether oxygens (including phenoxy) is 2. The Balaban J connectivity index is 1.73. The summed E-state index contributed by atoms with van der Waals surface area (Å²) in [4.78, 5) is 0. The molecule has 1 heterocycles. The summed E-state index contributed by atoms with van der Waals surface area (Å²) in [5, 5.41) is 13.3. The molecule has 2 aromatic carbocycles. The Morgan fingerprint density at radius 3 is 2.64 bits per heavy atom. The lowest BCUT2D eigenvalue weighted by molar-refractivity contribution is 0.329. The van der Waals surface area contributed by atoms with Crippen molar-refractivity contribution in [1.82, 2.24) is 10.3 Å². The number of halogens is 1. The molecule has 0 radical (unpaired) electrons. The van der Waals surface area contributed by atoms with Crippen LogP contribution >= 0.6 is 12.2 Å². The van der Waals surface area contributed by atoms with Crippen LogP contribution in [-0.2, 0) is 6.42 Å². The second kappa shape index (κ2) is 7.27. The highest BCUT2D eigenvalue weighted by molar-refractivity contribution is 7.80. The van der Waals surface area contributed by atoms with Gasteiger partial charge < -0.3 is 20.1 Å². The number of methoxy groups -OCH3 is 2. The van der Waals surface area contributed by atoms with Crippen molar-refractivity contribution in [2.45, 2.75) is 12.5 Å². The third kappa shape index (κ3) is 3.03. The third-order valence-corrected chi connectivity index (χ3v) is 5.53. The lowest BCUT2D eigenvalue weighted by Crippen LogP contribution is -2.35. The average Bonchev–Trinajstić information content (AvgIpc) is 3.23. The number of nitrogens with zero attached hydrogens (tertiary/aromatic N) is 2. The number of benzene rings is 2. The van der Waals surface area contributed by atoms with Gasteiger partial charge in [0.1, 0.15) is 11.7 Å². The van der Waals surface area contributed by atoms with Gasteiger partial charge in [0, 0.05) is 18.7 Å². The van der Waals surface area contributed by atoms with E-state index < -0.39 is 0 Å². The van der Waals surface area contributed by atoms with E-state index in [-0.39, 0.29) is 17.8 Å². The molecule has 0 saturated heterocycles. The molecule has 0 spiro atoms. The second-order valence-electron chi connectivity index (χ2n) is 6.68. The van der Waals surface area contributed by atoms with Gasteiger partial charge in [0.2, 0.25) is 0 Å². The minimum absolute atomic E-state index is 0.0568. The van der Waals surface area contributed by atoms with Gasteiger partial charge in [-0.15, -0.1) is 0 Å². The molecule has 0 saturated carbocycles. The van der Waals surface area contributed by atoms with Crippen LogP contribution in [0.25, 0.3) is 0 Å². The molecule has 2 atom stereocenters. The van der Waals surface area contributed by atoms with E-state index in [1.54, 1.807) is 32.3 Å². The fourth-order valence-corrected chi connectivity index (χ4v) is 4.03. The summed E-state index contributed by atoms with van der Waals surface area (Å²) in [7, 11) is 5.02. The molecule has 4 rings (SSSR count). The molecule has 28 heavy (non-hydrogen) atoms. The lowest BCUT2D eigenvalue weighted by atomic mass is 10.00. The molecule has 1 aliphatic heterocycles. The second-order valence-corrected chi connectivity index (χ2v) is 7.07. The quantitative estimate of drug-likeness (QED) is 0.771. The van der Waals surface area contributed by atoms with Crippen LogP contribution in [0.3, 0.4) is 0 Å². The van der Waals surface area contributed by atoms with Crippen LogP contribution in [0.15, 0.2) is 41.5 Å². The van der Waals surface area contributed by atoms with Crippen LogP contribution in [0.2, 0.25) is 0 Å². The molecule has 2 unspecified atom stereocenters. The van der Waals surface area contributed by atoms with Gasteiger partial charge in [0.05, 0.1) is 20.3 Å². The van der Waals surface area contributed by atoms with Crippen LogP contribution in [0.5, 0.6) is 11.5 Å². The number of rotatable bonds is 3. The summed E-state index contributed by atoms with van der Waals surface area (Å²) in [5.41, 5.74) is 2.91. The number of hydrogen-bond acceptors (Lipinski definition) is 5. The molecule has 8 heteroatoms. The predicted molar refractivity (Wildman–Crippen MR) is 110 cm³/mol. The van der Waals surface area contributed by atoms with Gasteiger partial charge in [-0.2, -0.15) is 5.10 Å². The summed E-state index contributed by atoms with van der Waals surface area (Å²) in [6.45, 7) is 0. The zero-order valence-corrected chi connectivity index (χ0v) is 16.6. The first kappa shape index (κ1) is 18.5. The van der Waals surface area contributed by atoms with Crippen molar-refractivity contribution in [3.8, 4) is 11.5 Å². The Morgan fingerprint density at radius 2 is 1.96 bits per heavy atom. The topological polar surface area (TPSA) is 58.1 Å². The SMILES string of the molecule is CNC(=S)N1N=C(Nc2cccc(F)c2)C2Cc3cc(OC)c(OC)cc3C21. The maximum Gasteiger partial charge on any atom is 0.190 e. The first-order valence-corrected chi connectivity index (χ1v) is 9.33. The first-order valence-electron chi connectivity index (χ1n) is 8.92. The molecule has 2 aromatic rings. The standard InChI is InChI=1S/C20H21FN4O2S/c1-22-20(28)25-18-14-10-17(27-3)16(26-2)8-11(14)7-15(18)19(24-25)23-13-6-4-5-12(21)9-13/h4-6,8-10,15,18H,7H2,1-3H3,(H,22,28)(H,23,24). The van der Waals surface area contributed by atoms with Gasteiger partial charge in [0.25, 0.3) is 0 Å². The van der Waals surface area contributed by atoms with E-state index in [0.29, 0.717) is 22.3 Å². The van der Waals surface area contributed by atoms with Crippen molar-refractivity contribution in [2.24, 2.45) is 11.0 Å². The number of hydrogen-bond donors (Lipinski definition) is 2. The highest BCUT2D eigenvalue weighted by Gasteiger charge is 2.46. The maximum absolute atomic E-state index is 13.6. The van der Waals surface area contributed by atoms with Gasteiger partial charge in [-0.3, -0.25) is 0 Å². The Kier molecular flexibility index (Phi) is 4.80. The Labute approximate surface area is 168 Å². The maximum atomic E-state index is 13.6. The van der Waals surface area contributed by atoms with E-state index in [2.05, 4.69) is 10.6 Å². The molecular weight excluding hydrogens is 379 g/mol. The van der Waals surface area contributed by atoms with Crippen molar-refractivity contribution < 1.29 is 13.9 Å². The monoisotopic (exact) mass is 400 g/mol. The molecule has 0 fully saturated rings. The van der Waals surface area contributed by atoms with Gasteiger partial charge >= 0.3 is 0 Å². The number of amidine groups is 1. The minimum Gasteiger partial charge on any atom is -0.493 e. The number of hydrazone groups is 1. The highest BCUT2D eigenvalue weighted by Crippen LogP contribution is 2.48. The van der Waals surface area contributed by atoms with Gasteiger partial charge in [-0.05, 0) is 60.1 Å². The van der Waals surface area contributed by atoms with Crippen LogP contribution in [0, 0.1) is 11.7 Å². The van der Waals surface area contributed by atoms with Crippen molar-refractivity contribution in [1.29, 1.82) is 0 Å². The smallest absolute Gasteiger partial charge is 0.190 e. The fraction of sp³-hybridized carbons (Fsp3) is 0.300. The van der Waals surface area contributed by atoms with E-state index >= 15 is 0 Å². The lowest BCUT2D eigenvalue weighted by Gasteiger charge is -2.24. The minimum atomic E-state index is -0.299. The largest absolute Gasteiger partial charge is 0.493 e. The van der Waals surface area contributed by atoms with Gasteiger partial charge in [0.15, 0.2) is 16.6 Å². The van der Waals surface area contributed by atoms with Crippen molar-refractivity contribution in [3.05, 3.63) is 53.3 Å². The van der Waals surface area contributed by atoms with E-state index in [9.17, 15) is 4.39 Å². The summed E-state index contributed by atoms with van der Waals surface area (Å²) in [5.74, 6) is 1.87. The molecule has 2 aliphatic rings. The number of fused-ring (bicyclic) bond motifs is 3. The fourth-order valence-electron chi connectivity index (χ4n) is 3.87. The van der Waals surface area contributed by atoms with Crippen molar-refractivity contribution >= 4 is 28.9 Å². The van der Waals surface area contributed by atoms with Crippen LogP contribution < -0.4 is 20.1 Å². The summed E-state index contributed by atoms with van der Waals surface area (Å²) < 4.78 is 24.5. The molecule has 0 aromatic heterocycles. The Bertz CT molecular complexity index is 965. The number of thiocarbonyl (C=S) groups is 1. The van der Waals surface area contributed by atoms with E-state index in [0.717, 1.165) is 23.4 Å². The highest BCUT2D eigenvalue weighted by atomic mass is 32.1. The van der Waals surface area contributed by atoms with E-state index in [1.807, 2.05) is 18.2 Å². The zero-order valence-electron chi connectivity index (χ0n) is 15.8. The van der Waals surface area contributed by atoms with Crippen molar-refractivity contribution in [3.63, 3.8) is 0 Å². The van der Waals surface area contributed by atoms with Crippen LogP contribution in [-0.4, -0.2) is 37.2 Å². The first-order chi connectivity index (χ1) is 13.5. The molecular formula is C20H21FN4O2S. The molecule has 2 N–H and O–H groups in total. The summed E-state index contributed by atoms with van der Waals surface area (Å²) >= 11 is 5.48. The van der Waals surface area contributed by atoms with Crippen LogP contribution in [0.1, 0.15) is 17.2 Å². The number of nitrogens with one attached hydrogen (secondary N) is 2. The molecule has 1 aliphatic carbocycles. The van der Waals surface area contributed by atoms with E-state index in [4.69, 9.17) is 26.8 Å². The van der Waals surface area contributed by atoms with Crippen molar-refractivity contribution in [2.75, 3.05) is 26.6 Å².